The van der Waals surface area contributed by atoms with Gasteiger partial charge in [0, 0.05) is 31.5 Å². The predicted molar refractivity (Wildman–Crippen MR) is 70.2 cm³/mol. The SMILES string of the molecule is CCCNC(=O)C(C)Nc1ccnc(NC)c1. The van der Waals surface area contributed by atoms with Crippen molar-refractivity contribution in [3.05, 3.63) is 18.3 Å². The predicted octanol–water partition coefficient (Wildman–Crippen LogP) is 1.45. The Morgan fingerprint density at radius 3 is 2.94 bits per heavy atom. The lowest BCUT2D eigenvalue weighted by molar-refractivity contribution is -0.121. The number of nitrogens with one attached hydrogen (secondary N) is 3. The van der Waals surface area contributed by atoms with Gasteiger partial charge in [0.05, 0.1) is 0 Å². The summed E-state index contributed by atoms with van der Waals surface area (Å²) in [5, 5.41) is 8.93. The maximum absolute atomic E-state index is 11.7. The average molecular weight is 236 g/mol. The second-order valence-electron chi connectivity index (χ2n) is 3.84. The third-order valence-electron chi connectivity index (χ3n) is 2.34. The van der Waals surface area contributed by atoms with Crippen LogP contribution in [0.1, 0.15) is 20.3 Å². The first-order chi connectivity index (χ1) is 8.17. The van der Waals surface area contributed by atoms with Gasteiger partial charge in [-0.05, 0) is 19.4 Å². The number of rotatable bonds is 6. The molecule has 3 N–H and O–H groups in total. The molecule has 17 heavy (non-hydrogen) atoms. The quantitative estimate of drug-likeness (QED) is 0.699. The van der Waals surface area contributed by atoms with Crippen molar-refractivity contribution in [2.24, 2.45) is 0 Å². The Balaban J connectivity index is 2.54. The van der Waals surface area contributed by atoms with E-state index >= 15 is 0 Å². The van der Waals surface area contributed by atoms with Crippen LogP contribution >= 0.6 is 0 Å². The normalized spacial score (nSPS) is 11.7. The molecule has 0 saturated heterocycles. The van der Waals surface area contributed by atoms with E-state index in [2.05, 4.69) is 20.9 Å². The lowest BCUT2D eigenvalue weighted by Crippen LogP contribution is -2.37. The summed E-state index contributed by atoms with van der Waals surface area (Å²) in [4.78, 5) is 15.8. The molecule has 0 spiro atoms. The summed E-state index contributed by atoms with van der Waals surface area (Å²) in [7, 11) is 1.81. The maximum Gasteiger partial charge on any atom is 0.242 e. The number of carbonyl (C=O) groups excluding carboxylic acids is 1. The lowest BCUT2D eigenvalue weighted by Gasteiger charge is -2.15. The van der Waals surface area contributed by atoms with Crippen LogP contribution in [-0.4, -0.2) is 30.5 Å². The number of carbonyl (C=O) groups is 1. The van der Waals surface area contributed by atoms with E-state index in [4.69, 9.17) is 0 Å². The molecule has 94 valence electrons. The second kappa shape index (κ2) is 6.73. The summed E-state index contributed by atoms with van der Waals surface area (Å²) < 4.78 is 0. The first-order valence-corrected chi connectivity index (χ1v) is 5.85. The van der Waals surface area contributed by atoms with Crippen molar-refractivity contribution in [3.63, 3.8) is 0 Å². The number of hydrogen-bond donors (Lipinski definition) is 3. The van der Waals surface area contributed by atoms with Crippen molar-refractivity contribution in [1.82, 2.24) is 10.3 Å². The summed E-state index contributed by atoms with van der Waals surface area (Å²) in [5.74, 6) is 0.783. The van der Waals surface area contributed by atoms with Gasteiger partial charge in [-0.25, -0.2) is 4.98 Å². The molecule has 0 saturated carbocycles. The molecule has 1 aromatic heterocycles. The fourth-order valence-corrected chi connectivity index (χ4v) is 1.37. The molecule has 1 heterocycles. The number of aromatic nitrogens is 1. The molecule has 1 unspecified atom stereocenters. The highest BCUT2D eigenvalue weighted by molar-refractivity contribution is 5.84. The Labute approximate surface area is 102 Å². The number of amides is 1. The van der Waals surface area contributed by atoms with Crippen LogP contribution in [0.25, 0.3) is 0 Å². The van der Waals surface area contributed by atoms with Crippen LogP contribution in [-0.2, 0) is 4.79 Å². The highest BCUT2D eigenvalue weighted by Crippen LogP contribution is 2.12. The fourth-order valence-electron chi connectivity index (χ4n) is 1.37. The largest absolute Gasteiger partial charge is 0.374 e. The van der Waals surface area contributed by atoms with Gasteiger partial charge in [0.1, 0.15) is 11.9 Å². The number of anilines is 2. The Bertz CT molecular complexity index is 367. The summed E-state index contributed by atoms with van der Waals surface area (Å²) >= 11 is 0. The fraction of sp³-hybridized carbons (Fsp3) is 0.500. The first-order valence-electron chi connectivity index (χ1n) is 5.85. The van der Waals surface area contributed by atoms with E-state index in [0.29, 0.717) is 6.54 Å². The van der Waals surface area contributed by atoms with Gasteiger partial charge < -0.3 is 16.0 Å². The number of nitrogens with zero attached hydrogens (tertiary/aromatic N) is 1. The van der Waals surface area contributed by atoms with Crippen molar-refractivity contribution in [2.45, 2.75) is 26.3 Å². The summed E-state index contributed by atoms with van der Waals surface area (Å²) in [6, 6.07) is 3.45. The van der Waals surface area contributed by atoms with E-state index in [-0.39, 0.29) is 11.9 Å². The minimum atomic E-state index is -0.256. The molecule has 1 rings (SSSR count). The molecule has 0 radical (unpaired) electrons. The van der Waals surface area contributed by atoms with Crippen molar-refractivity contribution >= 4 is 17.4 Å². The van der Waals surface area contributed by atoms with Crippen LogP contribution in [0, 0.1) is 0 Å². The molecule has 1 amide bonds. The molecule has 1 aromatic rings. The zero-order valence-electron chi connectivity index (χ0n) is 10.6. The van der Waals surface area contributed by atoms with E-state index < -0.39 is 0 Å². The minimum Gasteiger partial charge on any atom is -0.374 e. The van der Waals surface area contributed by atoms with Gasteiger partial charge in [0.2, 0.25) is 5.91 Å². The Morgan fingerprint density at radius 2 is 2.29 bits per heavy atom. The Hall–Kier alpha value is -1.78. The van der Waals surface area contributed by atoms with Crippen LogP contribution in [0.4, 0.5) is 11.5 Å². The van der Waals surface area contributed by atoms with Gasteiger partial charge in [0.25, 0.3) is 0 Å². The first kappa shape index (κ1) is 13.3. The van der Waals surface area contributed by atoms with Crippen LogP contribution in [0.2, 0.25) is 0 Å². The van der Waals surface area contributed by atoms with Crippen LogP contribution in [0.5, 0.6) is 0 Å². The third kappa shape index (κ3) is 4.30. The number of pyridine rings is 1. The number of hydrogen-bond acceptors (Lipinski definition) is 4. The third-order valence-corrected chi connectivity index (χ3v) is 2.34. The van der Waals surface area contributed by atoms with Crippen molar-refractivity contribution in [3.8, 4) is 0 Å². The van der Waals surface area contributed by atoms with Gasteiger partial charge >= 0.3 is 0 Å². The van der Waals surface area contributed by atoms with Crippen LogP contribution < -0.4 is 16.0 Å². The smallest absolute Gasteiger partial charge is 0.242 e. The van der Waals surface area contributed by atoms with Gasteiger partial charge in [0.15, 0.2) is 0 Å². The van der Waals surface area contributed by atoms with Crippen LogP contribution in [0.3, 0.4) is 0 Å². The molecule has 5 nitrogen and oxygen atoms in total. The van der Waals surface area contributed by atoms with Gasteiger partial charge in [-0.3, -0.25) is 4.79 Å². The van der Waals surface area contributed by atoms with Crippen LogP contribution in [0.15, 0.2) is 18.3 Å². The summed E-state index contributed by atoms with van der Waals surface area (Å²) in [5.41, 5.74) is 0.878. The van der Waals surface area contributed by atoms with E-state index in [1.807, 2.05) is 33.0 Å². The van der Waals surface area contributed by atoms with Crippen molar-refractivity contribution in [1.29, 1.82) is 0 Å². The van der Waals surface area contributed by atoms with E-state index in [1.54, 1.807) is 6.20 Å². The highest BCUT2D eigenvalue weighted by Gasteiger charge is 2.11. The molecule has 0 fully saturated rings. The van der Waals surface area contributed by atoms with Crippen molar-refractivity contribution in [2.75, 3.05) is 24.2 Å². The molecule has 0 aromatic carbocycles. The second-order valence-corrected chi connectivity index (χ2v) is 3.84. The Morgan fingerprint density at radius 1 is 1.53 bits per heavy atom. The van der Waals surface area contributed by atoms with Gasteiger partial charge in [-0.2, -0.15) is 0 Å². The van der Waals surface area contributed by atoms with E-state index in [0.717, 1.165) is 17.9 Å². The lowest BCUT2D eigenvalue weighted by atomic mass is 10.2. The minimum absolute atomic E-state index is 0.00895. The van der Waals surface area contributed by atoms with E-state index in [1.165, 1.54) is 0 Å². The van der Waals surface area contributed by atoms with Crippen molar-refractivity contribution < 1.29 is 4.79 Å². The molecular formula is C12H20N4O. The Kier molecular flexibility index (Phi) is 5.26. The molecule has 0 bridgehead atoms. The molecule has 0 aliphatic heterocycles. The molecule has 0 aliphatic rings. The maximum atomic E-state index is 11.7. The van der Waals surface area contributed by atoms with E-state index in [9.17, 15) is 4.79 Å². The summed E-state index contributed by atoms with van der Waals surface area (Å²) in [6.07, 6.45) is 2.64. The van der Waals surface area contributed by atoms with Gasteiger partial charge in [-0.1, -0.05) is 6.92 Å². The van der Waals surface area contributed by atoms with Gasteiger partial charge in [-0.15, -0.1) is 0 Å². The molecular weight excluding hydrogens is 216 g/mol. The topological polar surface area (TPSA) is 66.0 Å². The molecule has 1 atom stereocenters. The zero-order valence-corrected chi connectivity index (χ0v) is 10.6. The standard InChI is InChI=1S/C12H20N4O/c1-4-6-15-12(17)9(2)16-10-5-7-14-11(8-10)13-3/h5,7-9H,4,6H2,1-3H3,(H,15,17)(H2,13,14,16). The molecule has 0 aliphatic carbocycles. The highest BCUT2D eigenvalue weighted by atomic mass is 16.2. The monoisotopic (exact) mass is 236 g/mol. The zero-order chi connectivity index (χ0) is 12.7. The molecule has 5 heteroatoms. The average Bonchev–Trinajstić information content (AvgIpc) is 2.36. The summed E-state index contributed by atoms with van der Waals surface area (Å²) in [6.45, 7) is 4.58.